The molecule has 0 aromatic heterocycles. The maximum Gasteiger partial charge on any atom is 0.264 e. The standard InChI is InChI=1S/C45H63ClN4O6S/c1-4-56-45(30-48-22-23-49-21-6-5-11-37(49)28-48)20-7-9-32(2)42(18-24-54-3)57(52,53)47-43(51)34-13-17-41-40(26-34)50(27-35-12-15-39(35)45)29-44(31-55-41)19-8-10-33-25-36(46)14-16-38(33)44/h7,13-14,16-17,20,25-26,32,35,37,39,42H,4-6,8-12,15,18-19,21-24,27-31H2,1-3H3,(H,47,51)/b20-7+/t32-,35-,37+,39+,42+,44-,45-/m0/s1. The van der Waals surface area contributed by atoms with Gasteiger partial charge in [-0.2, -0.15) is 0 Å². The molecule has 0 radical (unpaired) electrons. The number of anilines is 1. The summed E-state index contributed by atoms with van der Waals surface area (Å²) in [5.41, 5.74) is 2.91. The molecule has 1 amide bonds. The molecule has 4 aliphatic heterocycles. The van der Waals surface area contributed by atoms with E-state index < -0.39 is 26.8 Å². The second kappa shape index (κ2) is 17.1. The van der Waals surface area contributed by atoms with Crippen molar-refractivity contribution in [3.05, 3.63) is 70.3 Å². The molecule has 2 aliphatic carbocycles. The average Bonchev–Trinajstić information content (AvgIpc) is 3.32. The molecule has 7 atom stereocenters. The third-order valence-electron chi connectivity index (χ3n) is 14.4. The molecule has 10 nitrogen and oxygen atoms in total. The number of carbonyl (C=O) groups excluding carboxylic acids is 1. The van der Waals surface area contributed by atoms with Crippen molar-refractivity contribution in [2.75, 3.05) is 77.6 Å². The Balaban J connectivity index is 1.21. The van der Waals surface area contributed by atoms with E-state index in [1.165, 1.54) is 36.9 Å². The van der Waals surface area contributed by atoms with Crippen LogP contribution in [0.5, 0.6) is 5.75 Å². The molecule has 12 heteroatoms. The van der Waals surface area contributed by atoms with E-state index in [9.17, 15) is 13.2 Å². The Morgan fingerprint density at radius 1 is 1.04 bits per heavy atom. The van der Waals surface area contributed by atoms with E-state index in [0.717, 1.165) is 87.8 Å². The number of methoxy groups -OCH3 is 1. The van der Waals surface area contributed by atoms with Gasteiger partial charge in [-0.15, -0.1) is 0 Å². The molecule has 2 aromatic carbocycles. The number of ether oxygens (including phenoxy) is 3. The minimum absolute atomic E-state index is 0.266. The monoisotopic (exact) mass is 822 g/mol. The average molecular weight is 824 g/mol. The Labute approximate surface area is 345 Å². The third kappa shape index (κ3) is 8.40. The van der Waals surface area contributed by atoms with Crippen LogP contribution in [0.2, 0.25) is 5.02 Å². The first-order valence-electron chi connectivity index (χ1n) is 21.7. The van der Waals surface area contributed by atoms with Gasteiger partial charge in [0, 0.05) is 81.6 Å². The zero-order valence-corrected chi connectivity index (χ0v) is 35.8. The minimum Gasteiger partial charge on any atom is -0.490 e. The number of piperidine rings is 1. The number of allylic oxidation sites excluding steroid dienone is 1. The van der Waals surface area contributed by atoms with E-state index in [1.807, 2.05) is 25.1 Å². The predicted octanol–water partition coefficient (Wildman–Crippen LogP) is 6.85. The number of rotatable bonds is 7. The SMILES string of the molecule is CCO[C@]1(CN2CCN3CCCC[C@@H]3C2)/C=C/C[C@H](C)[C@@H](CCOC)S(=O)(=O)NC(=O)c2ccc3c(c2)N(C[C@@H]2CC[C@H]21)C[C@@]1(CCCc2cc(Cl)ccc21)CO3. The smallest absolute Gasteiger partial charge is 0.264 e. The lowest BCUT2D eigenvalue weighted by molar-refractivity contribution is -0.116. The van der Waals surface area contributed by atoms with E-state index in [0.29, 0.717) is 37.2 Å². The zero-order valence-electron chi connectivity index (χ0n) is 34.2. The largest absolute Gasteiger partial charge is 0.490 e. The second-order valence-electron chi connectivity index (χ2n) is 18.0. The maximum absolute atomic E-state index is 14.1. The number of sulfonamides is 1. The molecule has 2 aromatic rings. The first kappa shape index (κ1) is 41.1. The van der Waals surface area contributed by atoms with Gasteiger partial charge in [0.25, 0.3) is 5.91 Å². The highest BCUT2D eigenvalue weighted by Gasteiger charge is 2.50. The first-order valence-corrected chi connectivity index (χ1v) is 23.6. The molecule has 8 rings (SSSR count). The van der Waals surface area contributed by atoms with Crippen LogP contribution >= 0.6 is 11.6 Å². The van der Waals surface area contributed by atoms with Gasteiger partial charge >= 0.3 is 0 Å². The van der Waals surface area contributed by atoms with Gasteiger partial charge in [-0.3, -0.25) is 14.6 Å². The summed E-state index contributed by atoms with van der Waals surface area (Å²) in [4.78, 5) is 21.8. The van der Waals surface area contributed by atoms with E-state index in [-0.39, 0.29) is 30.3 Å². The van der Waals surface area contributed by atoms with E-state index in [4.69, 9.17) is 25.8 Å². The van der Waals surface area contributed by atoms with Gasteiger partial charge in [0.05, 0.1) is 17.5 Å². The van der Waals surface area contributed by atoms with Crippen LogP contribution in [0.15, 0.2) is 48.6 Å². The number of benzene rings is 2. The summed E-state index contributed by atoms with van der Waals surface area (Å²) in [6, 6.07) is 12.3. The van der Waals surface area contributed by atoms with Crippen molar-refractivity contribution in [3.8, 4) is 5.75 Å². The summed E-state index contributed by atoms with van der Waals surface area (Å²) in [5, 5.41) is -0.0719. The Morgan fingerprint density at radius 3 is 2.72 bits per heavy atom. The van der Waals surface area contributed by atoms with Crippen LogP contribution in [0, 0.1) is 17.8 Å². The molecule has 2 saturated heterocycles. The van der Waals surface area contributed by atoms with Crippen LogP contribution < -0.4 is 14.4 Å². The van der Waals surface area contributed by atoms with Crippen LogP contribution in [0.25, 0.3) is 0 Å². The van der Waals surface area contributed by atoms with Gasteiger partial charge in [0.2, 0.25) is 10.0 Å². The highest BCUT2D eigenvalue weighted by atomic mass is 35.5. The molecule has 57 heavy (non-hydrogen) atoms. The van der Waals surface area contributed by atoms with Crippen LogP contribution in [0.3, 0.4) is 0 Å². The molecule has 3 fully saturated rings. The topological polar surface area (TPSA) is 101 Å². The van der Waals surface area contributed by atoms with Gasteiger partial charge in [-0.25, -0.2) is 13.1 Å². The van der Waals surface area contributed by atoms with Crippen molar-refractivity contribution in [1.82, 2.24) is 14.5 Å². The van der Waals surface area contributed by atoms with Crippen molar-refractivity contribution < 1.29 is 27.4 Å². The van der Waals surface area contributed by atoms with Crippen molar-refractivity contribution in [2.24, 2.45) is 17.8 Å². The lowest BCUT2D eigenvalue weighted by Crippen LogP contribution is -2.61. The molecular weight excluding hydrogens is 760 g/mol. The minimum atomic E-state index is -4.07. The van der Waals surface area contributed by atoms with Gasteiger partial charge < -0.3 is 19.1 Å². The predicted molar refractivity (Wildman–Crippen MR) is 226 cm³/mol. The quantitative estimate of drug-likeness (QED) is 0.301. The Hall–Kier alpha value is -2.67. The summed E-state index contributed by atoms with van der Waals surface area (Å²) < 4.78 is 50.0. The molecule has 6 aliphatic rings. The number of nitrogens with zero attached hydrogens (tertiary/aromatic N) is 3. The fourth-order valence-corrected chi connectivity index (χ4v) is 13.2. The number of nitrogens with one attached hydrogen (secondary N) is 1. The molecule has 312 valence electrons. The zero-order chi connectivity index (χ0) is 39.8. The van der Waals surface area contributed by atoms with E-state index in [2.05, 4.69) is 50.6 Å². The summed E-state index contributed by atoms with van der Waals surface area (Å²) >= 11 is 6.54. The maximum atomic E-state index is 14.1. The van der Waals surface area contributed by atoms with Crippen molar-refractivity contribution in [3.63, 3.8) is 0 Å². The molecule has 1 N–H and O–H groups in total. The number of amides is 1. The number of hydrogen-bond acceptors (Lipinski definition) is 9. The van der Waals surface area contributed by atoms with E-state index in [1.54, 1.807) is 13.2 Å². The number of hydrogen-bond donors (Lipinski definition) is 1. The van der Waals surface area contributed by atoms with Gasteiger partial charge in [-0.1, -0.05) is 43.2 Å². The number of fused-ring (bicyclic) bond motifs is 5. The molecule has 1 spiro atoms. The lowest BCUT2D eigenvalue weighted by atomic mass is 9.63. The summed E-state index contributed by atoms with van der Waals surface area (Å²) in [7, 11) is -2.48. The summed E-state index contributed by atoms with van der Waals surface area (Å²) in [5.74, 6) is 0.434. The van der Waals surface area contributed by atoms with Gasteiger partial charge in [0.15, 0.2) is 0 Å². The van der Waals surface area contributed by atoms with E-state index >= 15 is 0 Å². The number of halogens is 1. The molecule has 1 saturated carbocycles. The third-order valence-corrected chi connectivity index (χ3v) is 16.6. The molecule has 2 bridgehead atoms. The van der Waals surface area contributed by atoms with Crippen molar-refractivity contribution in [2.45, 2.75) is 100 Å². The molecule has 4 heterocycles. The fraction of sp³-hybridized carbons (Fsp3) is 0.667. The molecule has 0 unspecified atom stereocenters. The van der Waals surface area contributed by atoms with Crippen LogP contribution in [-0.4, -0.2) is 114 Å². The number of carbonyl (C=O) groups is 1. The van der Waals surface area contributed by atoms with Crippen LogP contribution in [0.1, 0.15) is 93.1 Å². The second-order valence-corrected chi connectivity index (χ2v) is 20.3. The summed E-state index contributed by atoms with van der Waals surface area (Å²) in [6.45, 7) is 12.2. The Morgan fingerprint density at radius 2 is 1.91 bits per heavy atom. The Kier molecular flexibility index (Phi) is 12.3. The number of piperazine rings is 1. The Bertz CT molecular complexity index is 1910. The van der Waals surface area contributed by atoms with Crippen molar-refractivity contribution in [1.29, 1.82) is 0 Å². The van der Waals surface area contributed by atoms with Crippen molar-refractivity contribution >= 4 is 33.2 Å². The first-order chi connectivity index (χ1) is 27.5. The fourth-order valence-electron chi connectivity index (χ4n) is 11.3. The van der Waals surface area contributed by atoms with Gasteiger partial charge in [-0.05, 0) is 130 Å². The number of aryl methyl sites for hydroxylation is 1. The van der Waals surface area contributed by atoms with Crippen LogP contribution in [-0.2, 0) is 31.3 Å². The normalized spacial score (nSPS) is 33.8. The lowest BCUT2D eigenvalue weighted by Gasteiger charge is -2.53. The highest BCUT2D eigenvalue weighted by molar-refractivity contribution is 7.90. The van der Waals surface area contributed by atoms with Gasteiger partial charge in [0.1, 0.15) is 11.4 Å². The summed E-state index contributed by atoms with van der Waals surface area (Å²) in [6.07, 6.45) is 14.3. The van der Waals surface area contributed by atoms with Crippen LogP contribution in [0.4, 0.5) is 5.69 Å². The highest BCUT2D eigenvalue weighted by Crippen LogP contribution is 2.49. The molecular formula is C45H63ClN4O6S.